The molecule has 8 heteroatoms. The van der Waals surface area contributed by atoms with Crippen molar-refractivity contribution in [3.8, 4) is 0 Å². The monoisotopic (exact) mass is 348 g/mol. The molecule has 1 aliphatic heterocycles. The molecule has 0 bridgehead atoms. The fourth-order valence-electron chi connectivity index (χ4n) is 2.92. The van der Waals surface area contributed by atoms with Gasteiger partial charge >= 0.3 is 5.97 Å². The lowest BCUT2D eigenvalue weighted by atomic mass is 9.91. The van der Waals surface area contributed by atoms with Gasteiger partial charge in [-0.25, -0.2) is 0 Å². The fraction of sp³-hybridized carbons (Fsp3) is 0.471. The van der Waals surface area contributed by atoms with E-state index in [0.717, 1.165) is 0 Å². The standard InChI is InChI=1S/C17H20N2O6/c1-2-13(20)5-3-4-8-18-15-7-6-12(19(24)25)9-11(15)10-14(16(18)21)17(22)23/h6-7,9,14H,2-5,8,10H2,1H3,(H,22,23). The van der Waals surface area contributed by atoms with Gasteiger partial charge in [-0.1, -0.05) is 6.92 Å². The number of hydrogen-bond donors (Lipinski definition) is 1. The number of nitro benzene ring substituents is 1. The third-order valence-corrected chi connectivity index (χ3v) is 4.33. The van der Waals surface area contributed by atoms with Crippen LogP contribution in [-0.4, -0.2) is 34.2 Å². The van der Waals surface area contributed by atoms with Gasteiger partial charge in [0.1, 0.15) is 11.7 Å². The molecule has 1 unspecified atom stereocenters. The Morgan fingerprint density at radius 3 is 2.68 bits per heavy atom. The van der Waals surface area contributed by atoms with Crippen LogP contribution in [0.4, 0.5) is 11.4 Å². The zero-order valence-corrected chi connectivity index (χ0v) is 13.9. The normalized spacial score (nSPS) is 16.4. The lowest BCUT2D eigenvalue weighted by Gasteiger charge is -2.32. The number of hydrogen-bond acceptors (Lipinski definition) is 5. The summed E-state index contributed by atoms with van der Waals surface area (Å²) < 4.78 is 0. The Balaban J connectivity index is 2.22. The third kappa shape index (κ3) is 4.20. The molecule has 0 aromatic heterocycles. The average Bonchev–Trinajstić information content (AvgIpc) is 2.58. The number of carboxylic acid groups (broad SMARTS) is 1. The van der Waals surface area contributed by atoms with Crippen LogP contribution in [0.25, 0.3) is 0 Å². The number of Topliss-reactive ketones (excluding diaryl/α,β-unsaturated/α-hetero) is 1. The van der Waals surface area contributed by atoms with E-state index in [0.29, 0.717) is 36.9 Å². The smallest absolute Gasteiger partial charge is 0.316 e. The predicted octanol–water partition coefficient (Wildman–Crippen LogP) is 2.33. The second-order valence-corrected chi connectivity index (χ2v) is 6.00. The quantitative estimate of drug-likeness (QED) is 0.333. The Kier molecular flexibility index (Phi) is 5.84. The Labute approximate surface area is 144 Å². The third-order valence-electron chi connectivity index (χ3n) is 4.33. The summed E-state index contributed by atoms with van der Waals surface area (Å²) in [6.07, 6.45) is 2.00. The zero-order valence-electron chi connectivity index (χ0n) is 13.9. The predicted molar refractivity (Wildman–Crippen MR) is 89.4 cm³/mol. The molecular weight excluding hydrogens is 328 g/mol. The van der Waals surface area contributed by atoms with E-state index in [-0.39, 0.29) is 24.4 Å². The molecule has 1 heterocycles. The van der Waals surface area contributed by atoms with Gasteiger partial charge in [-0.3, -0.25) is 24.5 Å². The molecule has 1 aromatic carbocycles. The summed E-state index contributed by atoms with van der Waals surface area (Å²) in [6.45, 7) is 2.07. The van der Waals surface area contributed by atoms with Crippen molar-refractivity contribution in [2.24, 2.45) is 5.92 Å². The number of anilines is 1. The Hall–Kier alpha value is -2.77. The maximum absolute atomic E-state index is 12.5. The highest BCUT2D eigenvalue weighted by atomic mass is 16.6. The summed E-state index contributed by atoms with van der Waals surface area (Å²) in [4.78, 5) is 46.9. The molecule has 0 radical (unpaired) electrons. The Bertz CT molecular complexity index is 715. The SMILES string of the molecule is CCC(=O)CCCCN1C(=O)C(C(=O)O)Cc2cc([N+](=O)[O-])ccc21. The summed E-state index contributed by atoms with van der Waals surface area (Å²) in [5, 5.41) is 20.2. The van der Waals surface area contributed by atoms with Gasteiger partial charge in [0.25, 0.3) is 5.69 Å². The number of unbranched alkanes of at least 4 members (excludes halogenated alkanes) is 1. The molecule has 2 rings (SSSR count). The van der Waals surface area contributed by atoms with Gasteiger partial charge in [-0.15, -0.1) is 0 Å². The van der Waals surface area contributed by atoms with Crippen molar-refractivity contribution in [2.75, 3.05) is 11.4 Å². The minimum Gasteiger partial charge on any atom is -0.481 e. The summed E-state index contributed by atoms with van der Waals surface area (Å²) >= 11 is 0. The number of aliphatic carboxylic acids is 1. The van der Waals surface area contributed by atoms with E-state index >= 15 is 0 Å². The van der Waals surface area contributed by atoms with Gasteiger partial charge in [0.2, 0.25) is 5.91 Å². The van der Waals surface area contributed by atoms with E-state index < -0.39 is 22.7 Å². The molecule has 0 spiro atoms. The van der Waals surface area contributed by atoms with Crippen LogP contribution in [-0.2, 0) is 20.8 Å². The second kappa shape index (κ2) is 7.87. The lowest BCUT2D eigenvalue weighted by Crippen LogP contribution is -2.45. The number of rotatable bonds is 8. The molecule has 1 aliphatic rings. The van der Waals surface area contributed by atoms with Crippen LogP contribution in [0, 0.1) is 16.0 Å². The minimum absolute atomic E-state index is 0.0595. The minimum atomic E-state index is -1.24. The van der Waals surface area contributed by atoms with E-state index in [2.05, 4.69) is 0 Å². The van der Waals surface area contributed by atoms with Gasteiger partial charge in [0.15, 0.2) is 0 Å². The number of amides is 1. The molecule has 0 fully saturated rings. The maximum Gasteiger partial charge on any atom is 0.316 e. The number of ketones is 1. The first-order valence-corrected chi connectivity index (χ1v) is 8.18. The first kappa shape index (κ1) is 18.6. The number of carbonyl (C=O) groups excluding carboxylic acids is 2. The molecular formula is C17H20N2O6. The van der Waals surface area contributed by atoms with Crippen molar-refractivity contribution in [1.29, 1.82) is 0 Å². The van der Waals surface area contributed by atoms with Crippen LogP contribution in [0.3, 0.4) is 0 Å². The molecule has 134 valence electrons. The van der Waals surface area contributed by atoms with E-state index in [1.165, 1.54) is 23.1 Å². The molecule has 0 aliphatic carbocycles. The number of nitro groups is 1. The zero-order chi connectivity index (χ0) is 18.6. The molecule has 1 atom stereocenters. The summed E-state index contributed by atoms with van der Waals surface area (Å²) in [7, 11) is 0. The molecule has 8 nitrogen and oxygen atoms in total. The number of carbonyl (C=O) groups is 3. The van der Waals surface area contributed by atoms with Crippen LogP contribution in [0.1, 0.15) is 38.2 Å². The van der Waals surface area contributed by atoms with E-state index in [9.17, 15) is 29.6 Å². The largest absolute Gasteiger partial charge is 0.481 e. The molecule has 0 saturated carbocycles. The van der Waals surface area contributed by atoms with Crippen LogP contribution < -0.4 is 4.90 Å². The molecule has 1 N–H and O–H groups in total. The first-order chi connectivity index (χ1) is 11.8. The second-order valence-electron chi connectivity index (χ2n) is 6.00. The van der Waals surface area contributed by atoms with Crippen molar-refractivity contribution in [1.82, 2.24) is 0 Å². The highest BCUT2D eigenvalue weighted by molar-refractivity contribution is 6.08. The van der Waals surface area contributed by atoms with Crippen molar-refractivity contribution in [3.05, 3.63) is 33.9 Å². The molecule has 1 aromatic rings. The summed E-state index contributed by atoms with van der Waals surface area (Å²) in [5.74, 6) is -2.86. The fourth-order valence-corrected chi connectivity index (χ4v) is 2.92. The van der Waals surface area contributed by atoms with Crippen LogP contribution in [0.5, 0.6) is 0 Å². The highest BCUT2D eigenvalue weighted by Gasteiger charge is 2.37. The number of carboxylic acids is 1. The molecule has 0 saturated heterocycles. The van der Waals surface area contributed by atoms with Crippen LogP contribution in [0.2, 0.25) is 0 Å². The van der Waals surface area contributed by atoms with Crippen molar-refractivity contribution < 1.29 is 24.4 Å². The average molecular weight is 348 g/mol. The highest BCUT2D eigenvalue weighted by Crippen LogP contribution is 2.33. The number of benzene rings is 1. The van der Waals surface area contributed by atoms with Gasteiger partial charge < -0.3 is 10.0 Å². The topological polar surface area (TPSA) is 118 Å². The van der Waals surface area contributed by atoms with Gasteiger partial charge in [-0.2, -0.15) is 0 Å². The van der Waals surface area contributed by atoms with Gasteiger partial charge in [-0.05, 0) is 30.9 Å². The number of nitrogens with zero attached hydrogens (tertiary/aromatic N) is 2. The summed E-state index contributed by atoms with van der Waals surface area (Å²) in [6, 6.07) is 4.12. The van der Waals surface area contributed by atoms with Crippen molar-refractivity contribution in [2.45, 2.75) is 39.0 Å². The van der Waals surface area contributed by atoms with Crippen molar-refractivity contribution in [3.63, 3.8) is 0 Å². The van der Waals surface area contributed by atoms with E-state index in [1.54, 1.807) is 6.92 Å². The Morgan fingerprint density at radius 2 is 2.08 bits per heavy atom. The molecule has 25 heavy (non-hydrogen) atoms. The van der Waals surface area contributed by atoms with Crippen LogP contribution >= 0.6 is 0 Å². The van der Waals surface area contributed by atoms with E-state index in [1.807, 2.05) is 0 Å². The lowest BCUT2D eigenvalue weighted by molar-refractivity contribution is -0.384. The summed E-state index contributed by atoms with van der Waals surface area (Å²) in [5.41, 5.74) is 0.853. The Morgan fingerprint density at radius 1 is 1.36 bits per heavy atom. The van der Waals surface area contributed by atoms with E-state index in [4.69, 9.17) is 0 Å². The number of fused-ring (bicyclic) bond motifs is 1. The number of non-ortho nitro benzene ring substituents is 1. The molecule has 1 amide bonds. The van der Waals surface area contributed by atoms with Gasteiger partial charge in [0.05, 0.1) is 4.92 Å². The van der Waals surface area contributed by atoms with Gasteiger partial charge in [0, 0.05) is 37.2 Å². The van der Waals surface area contributed by atoms with Crippen molar-refractivity contribution >= 4 is 29.0 Å². The van der Waals surface area contributed by atoms with Crippen LogP contribution in [0.15, 0.2) is 18.2 Å². The maximum atomic E-state index is 12.5. The first-order valence-electron chi connectivity index (χ1n) is 8.18.